The second kappa shape index (κ2) is 15.3. The highest BCUT2D eigenvalue weighted by Gasteiger charge is 2.35. The first-order chi connectivity index (χ1) is 24.2. The molecule has 1 unspecified atom stereocenters. The summed E-state index contributed by atoms with van der Waals surface area (Å²) in [5.74, 6) is -0.295. The van der Waals surface area contributed by atoms with Crippen molar-refractivity contribution in [3.05, 3.63) is 162 Å². The molecule has 6 heteroatoms. The van der Waals surface area contributed by atoms with Gasteiger partial charge in [-0.3, -0.25) is 4.79 Å². The summed E-state index contributed by atoms with van der Waals surface area (Å²) >= 11 is 0. The van der Waals surface area contributed by atoms with Crippen LogP contribution < -0.4 is 10.5 Å². The topological polar surface area (TPSA) is 62.7 Å². The van der Waals surface area contributed by atoms with Gasteiger partial charge in [0.1, 0.15) is 0 Å². The van der Waals surface area contributed by atoms with Crippen LogP contribution >= 0.6 is 0 Å². The van der Waals surface area contributed by atoms with Gasteiger partial charge in [0.15, 0.2) is 0 Å². The molecule has 0 spiro atoms. The lowest BCUT2D eigenvalue weighted by molar-refractivity contribution is -0.144. The molecule has 249 valence electrons. The van der Waals surface area contributed by atoms with Gasteiger partial charge in [-0.1, -0.05) is 126 Å². The predicted molar refractivity (Wildman–Crippen MR) is 211 cm³/mol. The molecule has 0 heterocycles. The Balaban J connectivity index is 1.35. The van der Waals surface area contributed by atoms with Crippen LogP contribution in [0.3, 0.4) is 0 Å². The van der Waals surface area contributed by atoms with E-state index in [0.717, 1.165) is 61.5 Å². The number of para-hydroxylation sites is 2. The van der Waals surface area contributed by atoms with Crippen molar-refractivity contribution in [2.45, 2.75) is 34.6 Å². The Morgan fingerprint density at radius 1 is 0.700 bits per heavy atom. The van der Waals surface area contributed by atoms with E-state index in [2.05, 4.69) is 136 Å². The first-order valence-corrected chi connectivity index (χ1v) is 17.1. The molecular formula is C44H43BN3O2. The molecule has 0 aromatic heterocycles. The number of benzene rings is 5. The summed E-state index contributed by atoms with van der Waals surface area (Å²) in [5.41, 5.74) is 8.87. The lowest BCUT2D eigenvalue weighted by Crippen LogP contribution is -2.35. The number of carbonyl (C=O) groups excluding carboxylic acids is 1. The molecular weight excluding hydrogens is 613 g/mol. The van der Waals surface area contributed by atoms with Crippen LogP contribution in [0.5, 0.6) is 0 Å². The monoisotopic (exact) mass is 656 g/mol. The number of hydrogen-bond acceptors (Lipinski definition) is 5. The highest BCUT2D eigenvalue weighted by atomic mass is 16.5. The van der Waals surface area contributed by atoms with E-state index in [1.54, 1.807) is 0 Å². The van der Waals surface area contributed by atoms with Gasteiger partial charge < -0.3 is 15.2 Å². The summed E-state index contributed by atoms with van der Waals surface area (Å²) in [7, 11) is 1.42. The molecule has 1 aliphatic rings. The fraction of sp³-hybridized carbons (Fsp3) is 0.182. The summed E-state index contributed by atoms with van der Waals surface area (Å²) in [4.78, 5) is 17.9. The Morgan fingerprint density at radius 3 is 1.94 bits per heavy atom. The van der Waals surface area contributed by atoms with Crippen LogP contribution in [-0.4, -0.2) is 19.3 Å². The van der Waals surface area contributed by atoms with E-state index >= 15 is 0 Å². The molecule has 0 saturated carbocycles. The minimum absolute atomic E-state index is 0.161. The zero-order valence-corrected chi connectivity index (χ0v) is 29.4. The van der Waals surface area contributed by atoms with Gasteiger partial charge in [-0.15, -0.1) is 0 Å². The minimum atomic E-state index is -0.232. The van der Waals surface area contributed by atoms with E-state index in [1.807, 2.05) is 54.6 Å². The van der Waals surface area contributed by atoms with Gasteiger partial charge in [0.05, 0.1) is 17.3 Å². The minimum Gasteiger partial charge on any atom is -0.516 e. The summed E-state index contributed by atoms with van der Waals surface area (Å²) in [6.07, 6.45) is 8.41. The summed E-state index contributed by atoms with van der Waals surface area (Å²) in [5, 5.41) is 8.86. The number of carbonyl (C=O) groups is 1. The Morgan fingerprint density at radius 2 is 1.30 bits per heavy atom. The number of allylic oxidation sites excluding steroid dienone is 5. The van der Waals surface area contributed by atoms with Gasteiger partial charge in [-0.2, -0.15) is 0 Å². The molecule has 0 saturated heterocycles. The van der Waals surface area contributed by atoms with Crippen molar-refractivity contribution in [2.75, 3.05) is 10.5 Å². The lowest BCUT2D eigenvalue weighted by atomic mass is 9.74. The zero-order valence-electron chi connectivity index (χ0n) is 29.4. The Kier molecular flexibility index (Phi) is 10.5. The smallest absolute Gasteiger partial charge is 0.516 e. The molecule has 1 radical (unpaired) electrons. The maximum atomic E-state index is 13.1. The van der Waals surface area contributed by atoms with Crippen LogP contribution in [0, 0.1) is 17.3 Å². The highest BCUT2D eigenvalue weighted by molar-refractivity contribution is 6.36. The van der Waals surface area contributed by atoms with Gasteiger partial charge >= 0.3 is 7.62 Å². The van der Waals surface area contributed by atoms with Crippen LogP contribution in [0.25, 0.3) is 16.3 Å². The lowest BCUT2D eigenvalue weighted by Gasteiger charge is -2.31. The summed E-state index contributed by atoms with van der Waals surface area (Å²) in [6.45, 7) is 10.3. The standard InChI is InChI=1S/C44H43BN3O2/c1-30(2)42(44(3,4)5)43(49)50-45-48-40-29-28-39(37-18-12-13-19-38(37)40)41(31-20-24-35(25-21-31)46-33-14-8-6-9-15-33)32-22-26-36(27-23-32)47-34-16-10-7-11-17-34/h6-30,42,46,48H,1-5H3. The van der Waals surface area contributed by atoms with Crippen molar-refractivity contribution in [3.8, 4) is 0 Å². The highest BCUT2D eigenvalue weighted by Crippen LogP contribution is 2.38. The molecule has 0 fully saturated rings. The molecule has 1 aliphatic carbocycles. The molecule has 0 bridgehead atoms. The molecule has 5 nitrogen and oxygen atoms in total. The number of fused-ring (bicyclic) bond motifs is 1. The molecule has 1 atom stereocenters. The van der Waals surface area contributed by atoms with Crippen molar-refractivity contribution in [1.29, 1.82) is 0 Å². The van der Waals surface area contributed by atoms with Crippen LogP contribution in [0.2, 0.25) is 0 Å². The predicted octanol–water partition coefficient (Wildman–Crippen LogP) is 11.1. The fourth-order valence-corrected chi connectivity index (χ4v) is 6.73. The van der Waals surface area contributed by atoms with Crippen LogP contribution in [-0.2, 0) is 9.45 Å². The third-order valence-corrected chi connectivity index (χ3v) is 8.84. The number of rotatable bonds is 10. The molecule has 2 N–H and O–H groups in total. The molecule has 5 aromatic carbocycles. The van der Waals surface area contributed by atoms with Crippen molar-refractivity contribution in [1.82, 2.24) is 0 Å². The normalized spacial score (nSPS) is 13.2. The number of anilines is 3. The number of hydrogen-bond donors (Lipinski definition) is 2. The molecule has 0 amide bonds. The Hall–Kier alpha value is -5.62. The Labute approximate surface area is 296 Å². The van der Waals surface area contributed by atoms with Gasteiger partial charge in [0.25, 0.3) is 5.97 Å². The molecule has 50 heavy (non-hydrogen) atoms. The van der Waals surface area contributed by atoms with E-state index in [0.29, 0.717) is 0 Å². The maximum absolute atomic E-state index is 13.1. The van der Waals surface area contributed by atoms with Gasteiger partial charge in [0, 0.05) is 22.4 Å². The van der Waals surface area contributed by atoms with Crippen LogP contribution in [0.4, 0.5) is 22.7 Å². The van der Waals surface area contributed by atoms with Crippen LogP contribution in [0.1, 0.15) is 45.7 Å². The summed E-state index contributed by atoms with van der Waals surface area (Å²) < 4.78 is 5.67. The maximum Gasteiger partial charge on any atom is 0.520 e. The van der Waals surface area contributed by atoms with E-state index in [9.17, 15) is 4.79 Å². The number of aliphatic imine (C=N–C) groups is 1. The SMILES string of the molecule is CC(C)C(C(=O)O[B]Nc1ccc(C(=C2C=CC(=Nc3ccccc3)C=C2)c2ccc(Nc3ccccc3)cc2)c2ccccc12)C(C)(C)C. The summed E-state index contributed by atoms with van der Waals surface area (Å²) in [6, 6.07) is 41.2. The Bertz CT molecular complexity index is 2060. The fourth-order valence-electron chi connectivity index (χ4n) is 6.73. The largest absolute Gasteiger partial charge is 0.520 e. The number of nitrogens with zero attached hydrogens (tertiary/aromatic N) is 1. The average molecular weight is 657 g/mol. The van der Waals surface area contributed by atoms with Gasteiger partial charge in [-0.25, -0.2) is 4.99 Å². The van der Waals surface area contributed by atoms with E-state index in [4.69, 9.17) is 9.65 Å². The van der Waals surface area contributed by atoms with Gasteiger partial charge in [0.2, 0.25) is 0 Å². The third kappa shape index (κ3) is 8.15. The first kappa shape index (κ1) is 34.3. The van der Waals surface area contributed by atoms with E-state index < -0.39 is 0 Å². The molecule has 0 aliphatic heterocycles. The second-order valence-electron chi connectivity index (χ2n) is 13.9. The molecule has 6 rings (SSSR count). The van der Waals surface area contributed by atoms with Crippen LogP contribution in [0.15, 0.2) is 156 Å². The van der Waals surface area contributed by atoms with Crippen molar-refractivity contribution in [2.24, 2.45) is 22.2 Å². The van der Waals surface area contributed by atoms with E-state index in [1.165, 1.54) is 7.62 Å². The average Bonchev–Trinajstić information content (AvgIpc) is 3.10. The zero-order chi connectivity index (χ0) is 35.1. The van der Waals surface area contributed by atoms with Crippen molar-refractivity contribution < 1.29 is 9.45 Å². The third-order valence-electron chi connectivity index (χ3n) is 8.84. The quantitative estimate of drug-likeness (QED) is 0.147. The first-order valence-electron chi connectivity index (χ1n) is 17.1. The second-order valence-corrected chi connectivity index (χ2v) is 13.9. The number of nitrogens with one attached hydrogen (secondary N) is 2. The van der Waals surface area contributed by atoms with E-state index in [-0.39, 0.29) is 23.2 Å². The molecule has 5 aromatic rings. The van der Waals surface area contributed by atoms with Crippen molar-refractivity contribution in [3.63, 3.8) is 0 Å². The van der Waals surface area contributed by atoms with Crippen molar-refractivity contribution >= 4 is 58.4 Å². The van der Waals surface area contributed by atoms with Gasteiger partial charge in [-0.05, 0) is 93.6 Å².